The molecule has 1 rings (SSSR count). The standard InChI is InChI=1S/C11H15NO/c1-5-9-6-7-10(13-4)8-11(9)12(2)3/h5-8H,1H2,2-4H3. The van der Waals surface area contributed by atoms with E-state index in [9.17, 15) is 0 Å². The van der Waals surface area contributed by atoms with Gasteiger partial charge >= 0.3 is 0 Å². The third kappa shape index (κ3) is 2.02. The number of ether oxygens (including phenoxy) is 1. The number of benzene rings is 1. The van der Waals surface area contributed by atoms with Crippen LogP contribution in [-0.2, 0) is 0 Å². The minimum atomic E-state index is 0.870. The largest absolute Gasteiger partial charge is 0.497 e. The Morgan fingerprint density at radius 1 is 1.38 bits per heavy atom. The van der Waals surface area contributed by atoms with Gasteiger partial charge in [-0.2, -0.15) is 0 Å². The van der Waals surface area contributed by atoms with Crippen molar-refractivity contribution in [3.05, 3.63) is 30.3 Å². The number of methoxy groups -OCH3 is 1. The van der Waals surface area contributed by atoms with Crippen LogP contribution >= 0.6 is 0 Å². The van der Waals surface area contributed by atoms with Crippen molar-refractivity contribution in [2.45, 2.75) is 0 Å². The van der Waals surface area contributed by atoms with Crippen LogP contribution in [-0.4, -0.2) is 21.2 Å². The minimum absolute atomic E-state index is 0.870. The molecule has 0 bridgehead atoms. The lowest BCUT2D eigenvalue weighted by Crippen LogP contribution is -2.10. The molecule has 0 spiro atoms. The number of hydrogen-bond donors (Lipinski definition) is 0. The minimum Gasteiger partial charge on any atom is -0.497 e. The molecule has 0 unspecified atom stereocenters. The Balaban J connectivity index is 3.17. The van der Waals surface area contributed by atoms with Gasteiger partial charge in [0.05, 0.1) is 7.11 Å². The van der Waals surface area contributed by atoms with Gasteiger partial charge in [0.25, 0.3) is 0 Å². The lowest BCUT2D eigenvalue weighted by atomic mass is 10.1. The van der Waals surface area contributed by atoms with Gasteiger partial charge in [-0.25, -0.2) is 0 Å². The van der Waals surface area contributed by atoms with Crippen molar-refractivity contribution >= 4 is 11.8 Å². The van der Waals surface area contributed by atoms with E-state index in [-0.39, 0.29) is 0 Å². The predicted octanol–water partition coefficient (Wildman–Crippen LogP) is 2.40. The van der Waals surface area contributed by atoms with E-state index in [4.69, 9.17) is 4.74 Å². The molecular weight excluding hydrogens is 162 g/mol. The van der Waals surface area contributed by atoms with E-state index in [0.29, 0.717) is 0 Å². The highest BCUT2D eigenvalue weighted by Gasteiger charge is 2.02. The molecule has 0 saturated carbocycles. The van der Waals surface area contributed by atoms with Gasteiger partial charge in [0.2, 0.25) is 0 Å². The maximum absolute atomic E-state index is 5.14. The molecule has 0 amide bonds. The quantitative estimate of drug-likeness (QED) is 0.703. The van der Waals surface area contributed by atoms with Crippen molar-refractivity contribution in [2.75, 3.05) is 26.1 Å². The smallest absolute Gasteiger partial charge is 0.120 e. The van der Waals surface area contributed by atoms with E-state index in [1.165, 1.54) is 0 Å². The molecule has 1 aromatic carbocycles. The average Bonchev–Trinajstić information content (AvgIpc) is 2.16. The Morgan fingerprint density at radius 3 is 2.54 bits per heavy atom. The number of nitrogens with zero attached hydrogens (tertiary/aromatic N) is 1. The van der Waals surface area contributed by atoms with Gasteiger partial charge < -0.3 is 9.64 Å². The van der Waals surface area contributed by atoms with E-state index < -0.39 is 0 Å². The highest BCUT2D eigenvalue weighted by atomic mass is 16.5. The zero-order valence-corrected chi connectivity index (χ0v) is 8.37. The summed E-state index contributed by atoms with van der Waals surface area (Å²) in [5.74, 6) is 0.870. The summed E-state index contributed by atoms with van der Waals surface area (Å²) in [6, 6.07) is 5.93. The Labute approximate surface area is 79.4 Å². The normalized spacial score (nSPS) is 9.46. The van der Waals surface area contributed by atoms with Crippen LogP contribution in [0.25, 0.3) is 6.08 Å². The zero-order chi connectivity index (χ0) is 9.84. The van der Waals surface area contributed by atoms with E-state index in [1.807, 2.05) is 43.3 Å². The van der Waals surface area contributed by atoms with Crippen LogP contribution in [0.15, 0.2) is 24.8 Å². The maximum Gasteiger partial charge on any atom is 0.120 e. The molecule has 0 aliphatic carbocycles. The molecule has 70 valence electrons. The first-order chi connectivity index (χ1) is 6.19. The molecule has 0 N–H and O–H groups in total. The Kier molecular flexibility index (Phi) is 2.96. The van der Waals surface area contributed by atoms with Crippen LogP contribution in [0.2, 0.25) is 0 Å². The highest BCUT2D eigenvalue weighted by Crippen LogP contribution is 2.25. The van der Waals surface area contributed by atoms with Gasteiger partial charge in [-0.3, -0.25) is 0 Å². The first-order valence-corrected chi connectivity index (χ1v) is 4.17. The molecule has 1 aromatic rings. The lowest BCUT2D eigenvalue weighted by molar-refractivity contribution is 0.415. The summed E-state index contributed by atoms with van der Waals surface area (Å²) in [7, 11) is 5.67. The summed E-state index contributed by atoms with van der Waals surface area (Å²) in [6.07, 6.45) is 1.84. The second kappa shape index (κ2) is 3.99. The molecule has 2 heteroatoms. The molecule has 0 aliphatic heterocycles. The Bertz CT molecular complexity index is 305. The van der Waals surface area contributed by atoms with E-state index in [0.717, 1.165) is 17.0 Å². The first-order valence-electron chi connectivity index (χ1n) is 4.17. The summed E-state index contributed by atoms with van der Waals surface area (Å²) < 4.78 is 5.14. The van der Waals surface area contributed by atoms with Gasteiger partial charge in [0, 0.05) is 25.8 Å². The fraction of sp³-hybridized carbons (Fsp3) is 0.273. The zero-order valence-electron chi connectivity index (χ0n) is 8.37. The number of anilines is 1. The van der Waals surface area contributed by atoms with Crippen molar-refractivity contribution in [3.8, 4) is 5.75 Å². The van der Waals surface area contributed by atoms with Crippen LogP contribution in [0.1, 0.15) is 5.56 Å². The number of hydrogen-bond acceptors (Lipinski definition) is 2. The molecular formula is C11H15NO. The van der Waals surface area contributed by atoms with Crippen LogP contribution < -0.4 is 9.64 Å². The van der Waals surface area contributed by atoms with Gasteiger partial charge in [-0.05, 0) is 17.7 Å². The molecule has 0 aliphatic rings. The lowest BCUT2D eigenvalue weighted by Gasteiger charge is -2.16. The molecule has 0 heterocycles. The second-order valence-corrected chi connectivity index (χ2v) is 3.02. The molecule has 0 atom stereocenters. The molecule has 0 fully saturated rings. The van der Waals surface area contributed by atoms with E-state index in [1.54, 1.807) is 7.11 Å². The third-order valence-corrected chi connectivity index (χ3v) is 1.94. The summed E-state index contributed by atoms with van der Waals surface area (Å²) in [5.41, 5.74) is 2.24. The Morgan fingerprint density at radius 2 is 2.08 bits per heavy atom. The predicted molar refractivity (Wildman–Crippen MR) is 57.4 cm³/mol. The third-order valence-electron chi connectivity index (χ3n) is 1.94. The summed E-state index contributed by atoms with van der Waals surface area (Å²) >= 11 is 0. The monoisotopic (exact) mass is 177 g/mol. The Hall–Kier alpha value is -1.44. The molecule has 13 heavy (non-hydrogen) atoms. The van der Waals surface area contributed by atoms with Crippen LogP contribution in [0.3, 0.4) is 0 Å². The van der Waals surface area contributed by atoms with Crippen molar-refractivity contribution in [1.29, 1.82) is 0 Å². The summed E-state index contributed by atoms with van der Waals surface area (Å²) in [4.78, 5) is 2.04. The topological polar surface area (TPSA) is 12.5 Å². The van der Waals surface area contributed by atoms with Crippen molar-refractivity contribution in [1.82, 2.24) is 0 Å². The molecule has 0 aromatic heterocycles. The highest BCUT2D eigenvalue weighted by molar-refractivity contribution is 5.68. The van der Waals surface area contributed by atoms with Crippen molar-refractivity contribution in [3.63, 3.8) is 0 Å². The molecule has 0 saturated heterocycles. The first kappa shape index (κ1) is 9.65. The summed E-state index contributed by atoms with van der Waals surface area (Å²) in [6.45, 7) is 3.76. The van der Waals surface area contributed by atoms with Crippen LogP contribution in [0, 0.1) is 0 Å². The maximum atomic E-state index is 5.14. The average molecular weight is 177 g/mol. The SMILES string of the molecule is C=Cc1ccc(OC)cc1N(C)C. The van der Waals surface area contributed by atoms with Gasteiger partial charge in [-0.15, -0.1) is 0 Å². The van der Waals surface area contributed by atoms with Gasteiger partial charge in [0.1, 0.15) is 5.75 Å². The van der Waals surface area contributed by atoms with Crippen molar-refractivity contribution in [2.24, 2.45) is 0 Å². The molecule has 2 nitrogen and oxygen atoms in total. The van der Waals surface area contributed by atoms with Crippen molar-refractivity contribution < 1.29 is 4.74 Å². The van der Waals surface area contributed by atoms with Gasteiger partial charge in [-0.1, -0.05) is 12.7 Å². The van der Waals surface area contributed by atoms with E-state index >= 15 is 0 Å². The fourth-order valence-electron chi connectivity index (χ4n) is 1.21. The van der Waals surface area contributed by atoms with E-state index in [2.05, 4.69) is 6.58 Å². The second-order valence-electron chi connectivity index (χ2n) is 3.02. The van der Waals surface area contributed by atoms with Gasteiger partial charge in [0.15, 0.2) is 0 Å². The summed E-state index contributed by atoms with van der Waals surface area (Å²) in [5, 5.41) is 0. The fourth-order valence-corrected chi connectivity index (χ4v) is 1.21. The van der Waals surface area contributed by atoms with Crippen LogP contribution in [0.5, 0.6) is 5.75 Å². The van der Waals surface area contributed by atoms with Crippen LogP contribution in [0.4, 0.5) is 5.69 Å². The molecule has 0 radical (unpaired) electrons. The number of rotatable bonds is 3.